The Balaban J connectivity index is 1.30. The normalized spacial score (nSPS) is 22.4. The van der Waals surface area contributed by atoms with Gasteiger partial charge in [-0.05, 0) is 36.6 Å². The zero-order valence-electron chi connectivity index (χ0n) is 26.5. The summed E-state index contributed by atoms with van der Waals surface area (Å²) in [4.78, 5) is 27.0. The van der Waals surface area contributed by atoms with Crippen molar-refractivity contribution in [1.82, 2.24) is 0 Å². The fourth-order valence-electron chi connectivity index (χ4n) is 7.21. The molecular formula is C36H32O15. The number of ketones is 1. The van der Waals surface area contributed by atoms with E-state index in [1.807, 2.05) is 0 Å². The van der Waals surface area contributed by atoms with Crippen LogP contribution in [0.4, 0.5) is 0 Å². The van der Waals surface area contributed by atoms with Gasteiger partial charge in [0.2, 0.25) is 0 Å². The van der Waals surface area contributed by atoms with E-state index in [1.165, 1.54) is 12.1 Å². The van der Waals surface area contributed by atoms with Gasteiger partial charge in [-0.2, -0.15) is 0 Å². The van der Waals surface area contributed by atoms with E-state index in [-0.39, 0.29) is 100.0 Å². The van der Waals surface area contributed by atoms with Crippen molar-refractivity contribution in [2.24, 2.45) is 5.92 Å². The van der Waals surface area contributed by atoms with E-state index in [1.54, 1.807) is 0 Å². The zero-order valence-corrected chi connectivity index (χ0v) is 26.5. The molecule has 0 amide bonds. The third kappa shape index (κ3) is 5.80. The van der Waals surface area contributed by atoms with Gasteiger partial charge in [0.15, 0.2) is 40.6 Å². The number of fused-ring (bicyclic) bond motifs is 3. The molecule has 0 spiro atoms. The van der Waals surface area contributed by atoms with E-state index in [4.69, 9.17) is 14.2 Å². The predicted molar refractivity (Wildman–Crippen MR) is 172 cm³/mol. The minimum atomic E-state index is -1.33. The molecule has 51 heavy (non-hydrogen) atoms. The van der Waals surface area contributed by atoms with Crippen molar-refractivity contribution in [3.8, 4) is 63.2 Å². The Bertz CT molecular complexity index is 2080. The van der Waals surface area contributed by atoms with Gasteiger partial charge in [-0.1, -0.05) is 0 Å². The van der Waals surface area contributed by atoms with Gasteiger partial charge in [-0.3, -0.25) is 4.79 Å². The summed E-state index contributed by atoms with van der Waals surface area (Å²) in [7, 11) is 0. The first-order valence-electron chi connectivity index (χ1n) is 15.9. The lowest BCUT2D eigenvalue weighted by molar-refractivity contribution is -0.0395. The first-order chi connectivity index (χ1) is 24.2. The van der Waals surface area contributed by atoms with Crippen LogP contribution in [0.3, 0.4) is 0 Å². The molecule has 0 aromatic heterocycles. The van der Waals surface area contributed by atoms with Crippen molar-refractivity contribution in [3.05, 3.63) is 75.8 Å². The molecule has 1 aliphatic carbocycles. The number of phenols is 9. The third-order valence-corrected chi connectivity index (χ3v) is 9.64. The van der Waals surface area contributed by atoms with Crippen LogP contribution < -0.4 is 9.47 Å². The maximum absolute atomic E-state index is 13.6. The number of carbonyl (C=O) groups is 2. The first kappa shape index (κ1) is 33.3. The van der Waals surface area contributed by atoms with Gasteiger partial charge in [0.05, 0.1) is 17.2 Å². The van der Waals surface area contributed by atoms with E-state index in [0.29, 0.717) is 0 Å². The fourth-order valence-corrected chi connectivity index (χ4v) is 7.21. The average Bonchev–Trinajstić information content (AvgIpc) is 3.24. The quantitative estimate of drug-likeness (QED) is 0.0829. The van der Waals surface area contributed by atoms with Crippen molar-refractivity contribution >= 4 is 11.8 Å². The van der Waals surface area contributed by atoms with Crippen LogP contribution in [0.1, 0.15) is 61.9 Å². The highest BCUT2D eigenvalue weighted by atomic mass is 16.6. The fraction of sp³-hybridized carbons (Fsp3) is 0.278. The number of benzene rings is 4. The van der Waals surface area contributed by atoms with Gasteiger partial charge in [-0.25, -0.2) is 4.79 Å². The van der Waals surface area contributed by atoms with E-state index < -0.39 is 70.8 Å². The molecule has 0 fully saturated rings. The Labute approximate surface area is 288 Å². The molecule has 3 aliphatic rings. The number of rotatable bonds is 4. The van der Waals surface area contributed by atoms with Gasteiger partial charge >= 0.3 is 5.97 Å². The van der Waals surface area contributed by atoms with E-state index in [9.17, 15) is 60.7 Å². The molecule has 266 valence electrons. The highest BCUT2D eigenvalue weighted by Gasteiger charge is 2.44. The standard InChI is InChI=1S/C36H32O15/c37-15-6-22(40)19-11-27(45)35(50-28(19)8-15)18-10-26(44)33(47)31-17(18)3-13(1-2-21(31)39)34-30(12-20-23(41)7-16(38)9-29(20)49-34)51-36(48)14-4-24(42)32(46)25(43)5-14/h4-10,13,27,30,34-35,37-38,40-47H,1-3,11-12H2/t13?,27-,30-,34-,35-/m1/s1. The first-order valence-corrected chi connectivity index (χ1v) is 15.9. The number of phenolic OH excluding ortho intramolecular Hbond substituents is 9. The number of ether oxygens (including phenoxy) is 3. The van der Waals surface area contributed by atoms with Crippen LogP contribution in [0.5, 0.6) is 63.2 Å². The zero-order chi connectivity index (χ0) is 36.5. The number of aromatic hydroxyl groups is 9. The lowest BCUT2D eigenvalue weighted by Gasteiger charge is -2.38. The topological polar surface area (TPSA) is 264 Å². The highest BCUT2D eigenvalue weighted by molar-refractivity contribution is 6.01. The van der Waals surface area contributed by atoms with Crippen molar-refractivity contribution in [3.63, 3.8) is 0 Å². The number of aliphatic hydroxyl groups is 1. The molecule has 0 saturated heterocycles. The summed E-state index contributed by atoms with van der Waals surface area (Å²) in [5, 5.41) is 104. The summed E-state index contributed by atoms with van der Waals surface area (Å²) in [5.74, 6) is -7.26. The van der Waals surface area contributed by atoms with Gasteiger partial charge in [-0.15, -0.1) is 0 Å². The van der Waals surface area contributed by atoms with Crippen molar-refractivity contribution in [2.45, 2.75) is 56.5 Å². The van der Waals surface area contributed by atoms with Crippen LogP contribution in [0.15, 0.2) is 42.5 Å². The number of hydrogen-bond donors (Lipinski definition) is 10. The van der Waals surface area contributed by atoms with Crippen LogP contribution in [-0.2, 0) is 24.0 Å². The Morgan fingerprint density at radius 3 is 1.90 bits per heavy atom. The molecule has 1 unspecified atom stereocenters. The van der Waals surface area contributed by atoms with E-state index in [0.717, 1.165) is 30.3 Å². The molecule has 0 radical (unpaired) electrons. The Morgan fingerprint density at radius 2 is 1.25 bits per heavy atom. The van der Waals surface area contributed by atoms with Crippen LogP contribution in [0.2, 0.25) is 0 Å². The lowest BCUT2D eigenvalue weighted by Crippen LogP contribution is -2.46. The van der Waals surface area contributed by atoms with Crippen LogP contribution in [0, 0.1) is 5.92 Å². The number of hydrogen-bond acceptors (Lipinski definition) is 15. The minimum Gasteiger partial charge on any atom is -0.508 e. The molecule has 4 aromatic rings. The highest BCUT2D eigenvalue weighted by Crippen LogP contribution is 2.49. The molecule has 0 bridgehead atoms. The molecule has 15 nitrogen and oxygen atoms in total. The molecule has 0 saturated carbocycles. The monoisotopic (exact) mass is 704 g/mol. The summed E-state index contributed by atoms with van der Waals surface area (Å²) < 4.78 is 18.2. The van der Waals surface area contributed by atoms with E-state index >= 15 is 0 Å². The Morgan fingerprint density at radius 1 is 0.667 bits per heavy atom. The van der Waals surface area contributed by atoms with Gasteiger partial charge in [0.1, 0.15) is 46.7 Å². The molecule has 10 N–H and O–H groups in total. The molecule has 2 heterocycles. The second-order valence-corrected chi connectivity index (χ2v) is 12.9. The van der Waals surface area contributed by atoms with Crippen molar-refractivity contribution < 1.29 is 74.9 Å². The number of esters is 1. The molecule has 2 aliphatic heterocycles. The molecule has 7 rings (SSSR count). The smallest absolute Gasteiger partial charge is 0.338 e. The maximum atomic E-state index is 13.6. The number of Topliss-reactive ketones (excluding diaryl/α,β-unsaturated/α-hetero) is 1. The second-order valence-electron chi connectivity index (χ2n) is 12.9. The maximum Gasteiger partial charge on any atom is 0.338 e. The Hall–Kier alpha value is -6.22. The molecule has 5 atom stereocenters. The van der Waals surface area contributed by atoms with Crippen molar-refractivity contribution in [2.75, 3.05) is 0 Å². The number of carbonyl (C=O) groups excluding carboxylic acids is 2. The second kappa shape index (κ2) is 12.3. The van der Waals surface area contributed by atoms with E-state index in [2.05, 4.69) is 0 Å². The predicted octanol–water partition coefficient (Wildman–Crippen LogP) is 3.44. The average molecular weight is 705 g/mol. The summed E-state index contributed by atoms with van der Waals surface area (Å²) in [6.45, 7) is 0. The summed E-state index contributed by atoms with van der Waals surface area (Å²) >= 11 is 0. The largest absolute Gasteiger partial charge is 0.508 e. The SMILES string of the molecule is O=C(O[C@@H]1Cc2c(O)cc(O)cc2O[C@@H]1C1CCC(=O)c2c(O)c(O)cc([C@H]3Oc4cc(O)cc(O)c4C[C@H]3O)c2C1)c1cc(O)c(O)c(O)c1. The molecule has 15 heteroatoms. The summed E-state index contributed by atoms with van der Waals surface area (Å²) in [5.41, 5.74) is 0.170. The minimum absolute atomic E-state index is 0.0470. The number of aliphatic hydroxyl groups excluding tert-OH is 1. The van der Waals surface area contributed by atoms with Crippen LogP contribution in [-0.4, -0.2) is 81.1 Å². The summed E-state index contributed by atoms with van der Waals surface area (Å²) in [6, 6.07) is 7.59. The summed E-state index contributed by atoms with van der Waals surface area (Å²) in [6.07, 6.45) is -5.29. The van der Waals surface area contributed by atoms with Crippen molar-refractivity contribution in [1.29, 1.82) is 0 Å². The van der Waals surface area contributed by atoms with Gasteiger partial charge in [0, 0.05) is 66.1 Å². The third-order valence-electron chi connectivity index (χ3n) is 9.64. The molecular weight excluding hydrogens is 672 g/mol. The lowest BCUT2D eigenvalue weighted by atomic mass is 9.82. The molecule has 4 aromatic carbocycles. The van der Waals surface area contributed by atoms with Crippen LogP contribution >= 0.6 is 0 Å². The van der Waals surface area contributed by atoms with Crippen LogP contribution in [0.25, 0.3) is 0 Å². The van der Waals surface area contributed by atoms with Gasteiger partial charge < -0.3 is 65.3 Å². The Kier molecular flexibility index (Phi) is 8.01. The van der Waals surface area contributed by atoms with Gasteiger partial charge in [0.25, 0.3) is 0 Å².